The Hall–Kier alpha value is -0.580. The van der Waals surface area contributed by atoms with E-state index in [9.17, 15) is 4.79 Å². The van der Waals surface area contributed by atoms with E-state index in [0.717, 1.165) is 17.4 Å². The lowest BCUT2D eigenvalue weighted by atomic mass is 10.2. The molecule has 2 N–H and O–H groups in total. The van der Waals surface area contributed by atoms with Crippen LogP contribution in [0.15, 0.2) is 22.7 Å². The predicted octanol–water partition coefficient (Wildman–Crippen LogP) is 2.28. The van der Waals surface area contributed by atoms with Gasteiger partial charge in [0.25, 0.3) is 5.91 Å². The molecule has 0 aromatic heterocycles. The summed E-state index contributed by atoms with van der Waals surface area (Å²) in [7, 11) is 0. The Bertz CT molecular complexity index is 424. The van der Waals surface area contributed by atoms with Crippen LogP contribution in [0.1, 0.15) is 16.8 Å². The second kappa shape index (κ2) is 4.73. The SMILES string of the molecule is N[C@H]1CCN(C(=O)c2cc(Cl)ccc2Br)C1. The van der Waals surface area contributed by atoms with Crippen LogP contribution in [0.5, 0.6) is 0 Å². The first kappa shape index (κ1) is 11.9. The summed E-state index contributed by atoms with van der Waals surface area (Å²) in [5.74, 6) is -0.0117. The Morgan fingerprint density at radius 2 is 2.31 bits per heavy atom. The molecule has 1 amide bonds. The van der Waals surface area contributed by atoms with E-state index in [4.69, 9.17) is 17.3 Å². The quantitative estimate of drug-likeness (QED) is 0.865. The third-order valence-electron chi connectivity index (χ3n) is 2.67. The molecule has 0 unspecified atom stereocenters. The summed E-state index contributed by atoms with van der Waals surface area (Å²) in [6, 6.07) is 5.31. The van der Waals surface area contributed by atoms with Gasteiger partial charge in [-0.3, -0.25) is 4.79 Å². The molecule has 86 valence electrons. The second-order valence-electron chi connectivity index (χ2n) is 3.92. The van der Waals surface area contributed by atoms with Gasteiger partial charge in [-0.15, -0.1) is 0 Å². The zero-order valence-electron chi connectivity index (χ0n) is 8.62. The normalized spacial score (nSPS) is 20.2. The van der Waals surface area contributed by atoms with Crippen molar-refractivity contribution in [2.45, 2.75) is 12.5 Å². The fourth-order valence-electron chi connectivity index (χ4n) is 1.80. The predicted molar refractivity (Wildman–Crippen MR) is 67.6 cm³/mol. The molecule has 3 nitrogen and oxygen atoms in total. The maximum absolute atomic E-state index is 12.1. The number of rotatable bonds is 1. The summed E-state index contributed by atoms with van der Waals surface area (Å²) in [6.45, 7) is 1.34. The highest BCUT2D eigenvalue weighted by atomic mass is 79.9. The van der Waals surface area contributed by atoms with E-state index in [1.165, 1.54) is 0 Å². The van der Waals surface area contributed by atoms with E-state index in [-0.39, 0.29) is 11.9 Å². The van der Waals surface area contributed by atoms with E-state index < -0.39 is 0 Å². The monoisotopic (exact) mass is 302 g/mol. The highest BCUT2D eigenvalue weighted by Gasteiger charge is 2.25. The number of carbonyl (C=O) groups is 1. The number of likely N-dealkylation sites (tertiary alicyclic amines) is 1. The first-order chi connectivity index (χ1) is 7.58. The summed E-state index contributed by atoms with van der Waals surface area (Å²) in [5, 5.41) is 0.565. The first-order valence-corrected chi connectivity index (χ1v) is 6.25. The average molecular weight is 304 g/mol. The lowest BCUT2D eigenvalue weighted by Gasteiger charge is -2.16. The van der Waals surface area contributed by atoms with Crippen LogP contribution in [0.3, 0.4) is 0 Å². The van der Waals surface area contributed by atoms with Crippen LogP contribution < -0.4 is 5.73 Å². The number of halogens is 2. The van der Waals surface area contributed by atoms with Crippen LogP contribution in [-0.2, 0) is 0 Å². The van der Waals surface area contributed by atoms with Crippen molar-refractivity contribution in [3.8, 4) is 0 Å². The Kier molecular flexibility index (Phi) is 3.52. The van der Waals surface area contributed by atoms with Gasteiger partial charge in [0.1, 0.15) is 0 Å². The molecule has 16 heavy (non-hydrogen) atoms. The molecule has 0 bridgehead atoms. The van der Waals surface area contributed by atoms with Gasteiger partial charge in [0.15, 0.2) is 0 Å². The molecule has 1 aliphatic heterocycles. The van der Waals surface area contributed by atoms with Gasteiger partial charge in [0, 0.05) is 28.6 Å². The van der Waals surface area contributed by atoms with Gasteiger partial charge in [0.2, 0.25) is 0 Å². The number of amides is 1. The van der Waals surface area contributed by atoms with Gasteiger partial charge >= 0.3 is 0 Å². The molecule has 0 aliphatic carbocycles. The van der Waals surface area contributed by atoms with E-state index in [2.05, 4.69) is 15.9 Å². The molecule has 0 spiro atoms. The number of nitrogens with two attached hydrogens (primary N) is 1. The Balaban J connectivity index is 2.23. The molecule has 1 fully saturated rings. The molecule has 1 aromatic carbocycles. The molecule has 1 heterocycles. The molecule has 1 atom stereocenters. The molecule has 0 radical (unpaired) electrons. The number of hydrogen-bond donors (Lipinski definition) is 1. The maximum atomic E-state index is 12.1. The highest BCUT2D eigenvalue weighted by molar-refractivity contribution is 9.10. The number of benzene rings is 1. The van der Waals surface area contributed by atoms with Crippen LogP contribution >= 0.6 is 27.5 Å². The third kappa shape index (κ3) is 2.39. The third-order valence-corrected chi connectivity index (χ3v) is 3.60. The average Bonchev–Trinajstić information content (AvgIpc) is 2.67. The van der Waals surface area contributed by atoms with Crippen molar-refractivity contribution in [2.24, 2.45) is 5.73 Å². The summed E-state index contributed by atoms with van der Waals surface area (Å²) in [4.78, 5) is 13.9. The summed E-state index contributed by atoms with van der Waals surface area (Å²) < 4.78 is 0.766. The van der Waals surface area contributed by atoms with Crippen LogP contribution in [0.25, 0.3) is 0 Å². The lowest BCUT2D eigenvalue weighted by Crippen LogP contribution is -2.32. The van der Waals surface area contributed by atoms with Crippen molar-refractivity contribution >= 4 is 33.4 Å². The first-order valence-electron chi connectivity index (χ1n) is 5.08. The molecule has 1 saturated heterocycles. The number of carbonyl (C=O) groups excluding carboxylic acids is 1. The minimum absolute atomic E-state index is 0.0117. The van der Waals surface area contributed by atoms with Crippen molar-refractivity contribution in [3.63, 3.8) is 0 Å². The standard InChI is InChI=1S/C11H12BrClN2O/c12-10-2-1-7(13)5-9(10)11(16)15-4-3-8(14)6-15/h1-2,5,8H,3-4,6,14H2/t8-/m0/s1. The van der Waals surface area contributed by atoms with Crippen molar-refractivity contribution in [1.82, 2.24) is 4.90 Å². The molecule has 1 aromatic rings. The van der Waals surface area contributed by atoms with E-state index >= 15 is 0 Å². The van der Waals surface area contributed by atoms with Crippen molar-refractivity contribution in [3.05, 3.63) is 33.3 Å². The fourth-order valence-corrected chi connectivity index (χ4v) is 2.39. The smallest absolute Gasteiger partial charge is 0.255 e. The molecule has 2 rings (SSSR count). The van der Waals surface area contributed by atoms with Gasteiger partial charge in [-0.05, 0) is 40.5 Å². The highest BCUT2D eigenvalue weighted by Crippen LogP contribution is 2.23. The minimum Gasteiger partial charge on any atom is -0.337 e. The van der Waals surface area contributed by atoms with Crippen molar-refractivity contribution in [1.29, 1.82) is 0 Å². The summed E-state index contributed by atoms with van der Waals surface area (Å²) in [6.07, 6.45) is 0.865. The lowest BCUT2D eigenvalue weighted by molar-refractivity contribution is 0.0790. The largest absolute Gasteiger partial charge is 0.337 e. The minimum atomic E-state index is -0.0117. The summed E-state index contributed by atoms with van der Waals surface area (Å²) in [5.41, 5.74) is 6.38. The van der Waals surface area contributed by atoms with Crippen LogP contribution in [-0.4, -0.2) is 29.9 Å². The maximum Gasteiger partial charge on any atom is 0.255 e. The van der Waals surface area contributed by atoms with Gasteiger partial charge in [-0.1, -0.05) is 11.6 Å². The molecular formula is C11H12BrClN2O. The molecule has 0 saturated carbocycles. The van der Waals surface area contributed by atoms with Gasteiger partial charge in [-0.25, -0.2) is 0 Å². The summed E-state index contributed by atoms with van der Waals surface area (Å²) >= 11 is 9.24. The topological polar surface area (TPSA) is 46.3 Å². The van der Waals surface area contributed by atoms with Gasteiger partial charge in [0.05, 0.1) is 5.56 Å². The van der Waals surface area contributed by atoms with E-state index in [1.807, 2.05) is 0 Å². The van der Waals surface area contributed by atoms with Gasteiger partial charge in [-0.2, -0.15) is 0 Å². The van der Waals surface area contributed by atoms with Crippen LogP contribution in [0.4, 0.5) is 0 Å². The van der Waals surface area contributed by atoms with E-state index in [0.29, 0.717) is 17.1 Å². The molecular weight excluding hydrogens is 291 g/mol. The molecule has 5 heteroatoms. The van der Waals surface area contributed by atoms with Crippen molar-refractivity contribution < 1.29 is 4.79 Å². The Morgan fingerprint density at radius 3 is 2.94 bits per heavy atom. The van der Waals surface area contributed by atoms with E-state index in [1.54, 1.807) is 23.1 Å². The fraction of sp³-hybridized carbons (Fsp3) is 0.364. The van der Waals surface area contributed by atoms with Crippen LogP contribution in [0, 0.1) is 0 Å². The zero-order chi connectivity index (χ0) is 11.7. The van der Waals surface area contributed by atoms with Crippen LogP contribution in [0.2, 0.25) is 5.02 Å². The zero-order valence-corrected chi connectivity index (χ0v) is 11.0. The Morgan fingerprint density at radius 1 is 1.56 bits per heavy atom. The molecule has 1 aliphatic rings. The second-order valence-corrected chi connectivity index (χ2v) is 5.21. The number of hydrogen-bond acceptors (Lipinski definition) is 2. The Labute approximate surface area is 108 Å². The van der Waals surface area contributed by atoms with Gasteiger partial charge < -0.3 is 10.6 Å². The van der Waals surface area contributed by atoms with Crippen molar-refractivity contribution in [2.75, 3.05) is 13.1 Å². The number of nitrogens with zero attached hydrogens (tertiary/aromatic N) is 1.